The highest BCUT2D eigenvalue weighted by atomic mass is 16.6. The number of ether oxygens (including phenoxy) is 1. The van der Waals surface area contributed by atoms with Gasteiger partial charge in [-0.05, 0) is 71.6 Å². The number of fused-ring (bicyclic) bond motifs is 2. The summed E-state index contributed by atoms with van der Waals surface area (Å²) in [5.74, 6) is -0.628. The largest absolute Gasteiger partial charge is 0.456 e. The smallest absolute Gasteiger partial charge is 0.334 e. The molecular formula is C20H32O5. The van der Waals surface area contributed by atoms with Crippen LogP contribution >= 0.6 is 0 Å². The van der Waals surface area contributed by atoms with Crippen molar-refractivity contribution in [3.05, 3.63) is 23.8 Å². The van der Waals surface area contributed by atoms with Gasteiger partial charge in [-0.1, -0.05) is 18.2 Å². The minimum Gasteiger partial charge on any atom is -0.456 e. The van der Waals surface area contributed by atoms with Crippen molar-refractivity contribution < 1.29 is 24.9 Å². The molecule has 1 saturated heterocycles. The zero-order valence-electron chi connectivity index (χ0n) is 15.6. The first-order chi connectivity index (χ1) is 11.5. The second-order valence-corrected chi connectivity index (χ2v) is 8.25. The third-order valence-corrected chi connectivity index (χ3v) is 5.87. The van der Waals surface area contributed by atoms with Crippen LogP contribution in [0.15, 0.2) is 23.8 Å². The van der Waals surface area contributed by atoms with E-state index in [2.05, 4.69) is 6.58 Å². The molecule has 5 heteroatoms. The SMILES string of the molecule is C=C1C(=O)O[C@H]2CC1CC[C@](C)(O)[C@@H](O)CC/C(C)=C/CC[C@@]2(C)O. The summed E-state index contributed by atoms with van der Waals surface area (Å²) < 4.78 is 5.42. The molecule has 25 heavy (non-hydrogen) atoms. The lowest BCUT2D eigenvalue weighted by atomic mass is 9.77. The molecule has 0 radical (unpaired) electrons. The molecule has 0 spiro atoms. The standard InChI is InChI=1S/C20H32O5/c1-13-6-5-10-20(4,24)17-12-15(14(2)18(22)25-17)9-11-19(3,23)16(21)8-7-13/h6,15-17,21,23-24H,2,5,7-12H2,1,3-4H3/b13-6+/t15?,16-,17-,19-,20+/m0/s1. The molecule has 1 aliphatic heterocycles. The highest BCUT2D eigenvalue weighted by Crippen LogP contribution is 2.37. The number of hydrogen-bond donors (Lipinski definition) is 3. The van der Waals surface area contributed by atoms with Gasteiger partial charge in [-0.25, -0.2) is 4.79 Å². The molecule has 1 aliphatic carbocycles. The van der Waals surface area contributed by atoms with Crippen LogP contribution in [0.5, 0.6) is 0 Å². The third kappa shape index (κ3) is 4.93. The van der Waals surface area contributed by atoms with E-state index in [1.165, 1.54) is 0 Å². The Morgan fingerprint density at radius 1 is 1.20 bits per heavy atom. The van der Waals surface area contributed by atoms with E-state index in [4.69, 9.17) is 4.74 Å². The summed E-state index contributed by atoms with van der Waals surface area (Å²) in [5.41, 5.74) is -0.809. The molecule has 0 amide bonds. The molecule has 1 unspecified atom stereocenters. The van der Waals surface area contributed by atoms with Gasteiger partial charge >= 0.3 is 5.97 Å². The number of rotatable bonds is 0. The summed E-state index contributed by atoms with van der Waals surface area (Å²) in [7, 11) is 0. The Morgan fingerprint density at radius 2 is 1.88 bits per heavy atom. The molecule has 1 heterocycles. The van der Waals surface area contributed by atoms with Crippen LogP contribution in [0.2, 0.25) is 0 Å². The zero-order chi connectivity index (χ0) is 18.8. The van der Waals surface area contributed by atoms with Crippen molar-refractivity contribution in [2.24, 2.45) is 5.92 Å². The van der Waals surface area contributed by atoms with Crippen LogP contribution in [0.1, 0.15) is 65.7 Å². The van der Waals surface area contributed by atoms with E-state index in [0.717, 1.165) is 5.57 Å². The number of aliphatic hydroxyl groups is 3. The summed E-state index contributed by atoms with van der Waals surface area (Å²) in [6.45, 7) is 9.17. The quantitative estimate of drug-likeness (QED) is 0.354. The van der Waals surface area contributed by atoms with Crippen LogP contribution in [0.3, 0.4) is 0 Å². The molecule has 3 N–H and O–H groups in total. The highest BCUT2D eigenvalue weighted by molar-refractivity contribution is 5.89. The van der Waals surface area contributed by atoms with Crippen molar-refractivity contribution in [2.45, 2.75) is 89.1 Å². The first-order valence-corrected chi connectivity index (χ1v) is 9.21. The normalized spacial score (nSPS) is 43.6. The molecule has 0 aromatic heterocycles. The van der Waals surface area contributed by atoms with Gasteiger partial charge < -0.3 is 20.1 Å². The summed E-state index contributed by atoms with van der Waals surface area (Å²) in [4.78, 5) is 12.2. The van der Waals surface area contributed by atoms with Gasteiger partial charge in [0.1, 0.15) is 6.10 Å². The number of aliphatic hydroxyl groups excluding tert-OH is 1. The molecule has 0 aromatic rings. The van der Waals surface area contributed by atoms with Gasteiger partial charge in [-0.2, -0.15) is 0 Å². The fourth-order valence-electron chi connectivity index (χ4n) is 3.68. The molecule has 5 atom stereocenters. The number of allylic oxidation sites excluding steroid dienone is 2. The molecule has 142 valence electrons. The van der Waals surface area contributed by atoms with Crippen molar-refractivity contribution in [1.29, 1.82) is 0 Å². The van der Waals surface area contributed by atoms with Crippen LogP contribution in [0.25, 0.3) is 0 Å². The van der Waals surface area contributed by atoms with Gasteiger partial charge in [0, 0.05) is 5.57 Å². The van der Waals surface area contributed by atoms with Crippen LogP contribution in [0.4, 0.5) is 0 Å². The lowest BCUT2D eigenvalue weighted by Gasteiger charge is -2.40. The number of carbonyl (C=O) groups is 1. The average molecular weight is 352 g/mol. The Labute approximate surface area is 150 Å². The molecule has 2 bridgehead atoms. The van der Waals surface area contributed by atoms with Crippen molar-refractivity contribution in [2.75, 3.05) is 0 Å². The molecule has 0 aromatic carbocycles. The summed E-state index contributed by atoms with van der Waals surface area (Å²) in [6.07, 6.45) is 4.39. The molecule has 2 rings (SSSR count). The van der Waals surface area contributed by atoms with Crippen LogP contribution in [-0.2, 0) is 9.53 Å². The van der Waals surface area contributed by atoms with E-state index in [1.807, 2.05) is 13.0 Å². The predicted molar refractivity (Wildman–Crippen MR) is 95.8 cm³/mol. The second-order valence-electron chi connectivity index (χ2n) is 8.25. The first-order valence-electron chi connectivity index (χ1n) is 9.21. The maximum atomic E-state index is 12.2. The van der Waals surface area contributed by atoms with Gasteiger partial charge in [0.15, 0.2) is 0 Å². The fourth-order valence-corrected chi connectivity index (χ4v) is 3.68. The topological polar surface area (TPSA) is 87.0 Å². The Kier molecular flexibility index (Phi) is 6.13. The van der Waals surface area contributed by atoms with Crippen LogP contribution in [-0.4, -0.2) is 44.7 Å². The maximum Gasteiger partial charge on any atom is 0.334 e. The average Bonchev–Trinajstić information content (AvgIpc) is 2.52. The van der Waals surface area contributed by atoms with Crippen molar-refractivity contribution in [1.82, 2.24) is 0 Å². The summed E-state index contributed by atoms with van der Waals surface area (Å²) >= 11 is 0. The van der Waals surface area contributed by atoms with Crippen LogP contribution in [0, 0.1) is 5.92 Å². The molecule has 5 nitrogen and oxygen atoms in total. The van der Waals surface area contributed by atoms with Crippen molar-refractivity contribution in [3.63, 3.8) is 0 Å². The predicted octanol–water partition coefficient (Wildman–Crippen LogP) is 2.64. The van der Waals surface area contributed by atoms with E-state index in [-0.39, 0.29) is 5.92 Å². The molecular weight excluding hydrogens is 320 g/mol. The molecule has 0 saturated carbocycles. The zero-order valence-corrected chi connectivity index (χ0v) is 15.6. The first kappa shape index (κ1) is 20.1. The van der Waals surface area contributed by atoms with Gasteiger partial charge in [-0.3, -0.25) is 0 Å². The molecule has 1 fully saturated rings. The van der Waals surface area contributed by atoms with Gasteiger partial charge in [0.05, 0.1) is 17.3 Å². The van der Waals surface area contributed by atoms with Gasteiger partial charge in [0.25, 0.3) is 0 Å². The Hall–Kier alpha value is -1.17. The Morgan fingerprint density at radius 3 is 2.56 bits per heavy atom. The maximum absolute atomic E-state index is 12.2. The minimum absolute atomic E-state index is 0.156. The van der Waals surface area contributed by atoms with Gasteiger partial charge in [0.2, 0.25) is 0 Å². The monoisotopic (exact) mass is 352 g/mol. The van der Waals surface area contributed by atoms with Crippen LogP contribution < -0.4 is 0 Å². The lowest BCUT2D eigenvalue weighted by Crippen LogP contribution is -2.47. The summed E-state index contributed by atoms with van der Waals surface area (Å²) in [6, 6.07) is 0. The highest BCUT2D eigenvalue weighted by Gasteiger charge is 2.42. The van der Waals surface area contributed by atoms with Crippen molar-refractivity contribution >= 4 is 5.97 Å². The van der Waals surface area contributed by atoms with E-state index in [0.29, 0.717) is 50.5 Å². The van der Waals surface area contributed by atoms with E-state index >= 15 is 0 Å². The van der Waals surface area contributed by atoms with E-state index in [9.17, 15) is 20.1 Å². The number of hydrogen-bond acceptors (Lipinski definition) is 5. The lowest BCUT2D eigenvalue weighted by molar-refractivity contribution is -0.169. The van der Waals surface area contributed by atoms with Gasteiger partial charge in [-0.15, -0.1) is 0 Å². The Balaban J connectivity index is 2.26. The Bertz CT molecular complexity index is 546. The van der Waals surface area contributed by atoms with Crippen molar-refractivity contribution in [3.8, 4) is 0 Å². The number of carbonyl (C=O) groups excluding carboxylic acids is 1. The fraction of sp³-hybridized carbons (Fsp3) is 0.750. The summed E-state index contributed by atoms with van der Waals surface area (Å²) in [5, 5.41) is 31.8. The number of esters is 1. The third-order valence-electron chi connectivity index (χ3n) is 5.87. The van der Waals surface area contributed by atoms with E-state index < -0.39 is 29.4 Å². The van der Waals surface area contributed by atoms with E-state index in [1.54, 1.807) is 13.8 Å². The minimum atomic E-state index is -1.22. The molecule has 2 aliphatic rings. The second kappa shape index (κ2) is 7.60.